The molecule has 2 aliphatic rings. The number of hydrogen-bond donors (Lipinski definition) is 2. The summed E-state index contributed by atoms with van der Waals surface area (Å²) in [5.74, 6) is -0.342. The van der Waals surface area contributed by atoms with E-state index in [1.165, 1.54) is 19.1 Å². The predicted molar refractivity (Wildman–Crippen MR) is 119 cm³/mol. The Bertz CT molecular complexity index is 1080. The summed E-state index contributed by atoms with van der Waals surface area (Å²) in [5, 5.41) is 17.5. The molecule has 2 aromatic carbocycles. The molecule has 2 aromatic rings. The minimum atomic E-state index is -0.447. The van der Waals surface area contributed by atoms with Gasteiger partial charge in [-0.15, -0.1) is 0 Å². The van der Waals surface area contributed by atoms with Crippen LogP contribution in [0.5, 0.6) is 0 Å². The highest BCUT2D eigenvalue weighted by molar-refractivity contribution is 6.36. The van der Waals surface area contributed by atoms with E-state index in [1.54, 1.807) is 30.3 Å². The highest BCUT2D eigenvalue weighted by Gasteiger charge is 2.30. The molecule has 0 radical (unpaired) electrons. The number of ketones is 1. The van der Waals surface area contributed by atoms with Crippen LogP contribution < -0.4 is 10.6 Å². The summed E-state index contributed by atoms with van der Waals surface area (Å²) in [7, 11) is 2.08. The van der Waals surface area contributed by atoms with E-state index in [-0.39, 0.29) is 23.4 Å². The Kier molecular flexibility index (Phi) is 5.56. The van der Waals surface area contributed by atoms with Crippen LogP contribution in [0, 0.1) is 10.1 Å². The van der Waals surface area contributed by atoms with Gasteiger partial charge in [-0.1, -0.05) is 0 Å². The van der Waals surface area contributed by atoms with Crippen LogP contribution in [-0.2, 0) is 4.79 Å². The summed E-state index contributed by atoms with van der Waals surface area (Å²) in [6.45, 7) is 3.37. The number of nitro benzene ring substituents is 1. The summed E-state index contributed by atoms with van der Waals surface area (Å²) in [5.41, 5.74) is 3.58. The first-order valence-electron chi connectivity index (χ1n) is 10.2. The average Bonchev–Trinajstić information content (AvgIpc) is 3.08. The van der Waals surface area contributed by atoms with Crippen LogP contribution in [0.2, 0.25) is 0 Å². The summed E-state index contributed by atoms with van der Waals surface area (Å²) in [6.07, 6.45) is 1.84. The number of hydrogen-bond acceptors (Lipinski definition) is 6. The van der Waals surface area contributed by atoms with Crippen molar-refractivity contribution >= 4 is 34.3 Å². The lowest BCUT2D eigenvalue weighted by molar-refractivity contribution is -0.384. The third-order valence-electron chi connectivity index (χ3n) is 5.85. The summed E-state index contributed by atoms with van der Waals surface area (Å²) >= 11 is 0. The summed E-state index contributed by atoms with van der Waals surface area (Å²) < 4.78 is 0. The Hall–Kier alpha value is -3.52. The number of piperidine rings is 1. The fourth-order valence-electron chi connectivity index (χ4n) is 4.04. The zero-order valence-corrected chi connectivity index (χ0v) is 17.5. The Balaban J connectivity index is 1.83. The van der Waals surface area contributed by atoms with Gasteiger partial charge in [0.1, 0.15) is 0 Å². The van der Waals surface area contributed by atoms with Crippen LogP contribution >= 0.6 is 0 Å². The number of nitro groups is 1. The van der Waals surface area contributed by atoms with Crippen LogP contribution in [0.4, 0.5) is 11.4 Å². The monoisotopic (exact) mass is 420 g/mol. The lowest BCUT2D eigenvalue weighted by Crippen LogP contribution is -2.40. The van der Waals surface area contributed by atoms with E-state index in [1.807, 2.05) is 0 Å². The predicted octanol–water partition coefficient (Wildman–Crippen LogP) is 3.30. The lowest BCUT2D eigenvalue weighted by Gasteiger charge is -2.31. The molecular weight excluding hydrogens is 396 g/mol. The van der Waals surface area contributed by atoms with Crippen molar-refractivity contribution < 1.29 is 14.5 Å². The van der Waals surface area contributed by atoms with E-state index in [0.29, 0.717) is 33.6 Å². The summed E-state index contributed by atoms with van der Waals surface area (Å²) in [6, 6.07) is 11.5. The minimum Gasteiger partial charge on any atom is -0.381 e. The van der Waals surface area contributed by atoms with Crippen molar-refractivity contribution in [1.82, 2.24) is 10.2 Å². The molecule has 0 saturated carbocycles. The molecule has 8 heteroatoms. The number of benzene rings is 2. The smallest absolute Gasteiger partial charge is 0.269 e. The van der Waals surface area contributed by atoms with E-state index in [9.17, 15) is 19.7 Å². The van der Waals surface area contributed by atoms with Gasteiger partial charge in [0, 0.05) is 35.0 Å². The van der Waals surface area contributed by atoms with Crippen LogP contribution in [0.25, 0.3) is 11.3 Å². The number of likely N-dealkylation sites (tertiary alicyclic amines) is 1. The molecule has 0 atom stereocenters. The molecule has 2 heterocycles. The third kappa shape index (κ3) is 4.20. The van der Waals surface area contributed by atoms with Crippen molar-refractivity contribution in [3.63, 3.8) is 0 Å². The van der Waals surface area contributed by atoms with E-state index in [0.717, 1.165) is 25.9 Å². The largest absolute Gasteiger partial charge is 0.381 e. The van der Waals surface area contributed by atoms with Crippen molar-refractivity contribution in [1.29, 1.82) is 0 Å². The van der Waals surface area contributed by atoms with Gasteiger partial charge in [-0.3, -0.25) is 19.7 Å². The number of Topliss-reactive ketones (excluding diaryl/α,β-unsaturated/α-hetero) is 1. The first kappa shape index (κ1) is 20.7. The maximum absolute atomic E-state index is 13.0. The number of rotatable bonds is 5. The fourth-order valence-corrected chi connectivity index (χ4v) is 4.04. The van der Waals surface area contributed by atoms with Gasteiger partial charge in [0.2, 0.25) is 0 Å². The van der Waals surface area contributed by atoms with Crippen molar-refractivity contribution in [2.75, 3.05) is 25.5 Å². The molecular formula is C23H24N4O4. The van der Waals surface area contributed by atoms with Gasteiger partial charge in [-0.05, 0) is 75.8 Å². The van der Waals surface area contributed by atoms with E-state index >= 15 is 0 Å². The van der Waals surface area contributed by atoms with Crippen LogP contribution in [0.1, 0.15) is 41.3 Å². The molecule has 8 nitrogen and oxygen atoms in total. The fraction of sp³-hybridized carbons (Fsp3) is 0.304. The average molecular weight is 420 g/mol. The molecule has 2 aliphatic heterocycles. The molecule has 1 amide bonds. The topological polar surface area (TPSA) is 105 Å². The van der Waals surface area contributed by atoms with Crippen LogP contribution in [-0.4, -0.2) is 47.7 Å². The SMILES string of the molecule is CC(=O)c1ccc2c(c1)C(=C(NC1CCN(C)CC1)c1ccc([N+](=O)[O-])cc1)C(=O)N2. The second-order valence-electron chi connectivity index (χ2n) is 8.05. The zero-order chi connectivity index (χ0) is 22.1. The van der Waals surface area contributed by atoms with Crippen molar-refractivity contribution in [2.24, 2.45) is 0 Å². The van der Waals surface area contributed by atoms with E-state index in [2.05, 4.69) is 22.6 Å². The Morgan fingerprint density at radius 3 is 2.39 bits per heavy atom. The van der Waals surface area contributed by atoms with E-state index < -0.39 is 4.92 Å². The quantitative estimate of drug-likeness (QED) is 0.333. The van der Waals surface area contributed by atoms with Crippen molar-refractivity contribution in [2.45, 2.75) is 25.8 Å². The second-order valence-corrected chi connectivity index (χ2v) is 8.05. The van der Waals surface area contributed by atoms with Crippen LogP contribution in [0.3, 0.4) is 0 Å². The highest BCUT2D eigenvalue weighted by Crippen LogP contribution is 2.37. The van der Waals surface area contributed by atoms with Gasteiger partial charge in [0.25, 0.3) is 11.6 Å². The molecule has 2 N–H and O–H groups in total. The third-order valence-corrected chi connectivity index (χ3v) is 5.85. The number of non-ortho nitro benzene ring substituents is 1. The van der Waals surface area contributed by atoms with E-state index in [4.69, 9.17) is 0 Å². The number of fused-ring (bicyclic) bond motifs is 1. The normalized spacial score (nSPS) is 18.3. The number of carbonyl (C=O) groups is 2. The molecule has 4 rings (SSSR count). The molecule has 1 fully saturated rings. The second kappa shape index (κ2) is 8.31. The first-order chi connectivity index (χ1) is 14.8. The molecule has 31 heavy (non-hydrogen) atoms. The molecule has 1 saturated heterocycles. The number of nitrogens with zero attached hydrogens (tertiary/aromatic N) is 2. The van der Waals surface area contributed by atoms with Gasteiger partial charge in [0.05, 0.1) is 16.2 Å². The number of anilines is 1. The molecule has 0 bridgehead atoms. The Morgan fingerprint density at radius 1 is 1.13 bits per heavy atom. The van der Waals surface area contributed by atoms with Crippen molar-refractivity contribution in [3.05, 3.63) is 69.3 Å². The first-order valence-corrected chi connectivity index (χ1v) is 10.2. The number of carbonyl (C=O) groups excluding carboxylic acids is 2. The van der Waals surface area contributed by atoms with Gasteiger partial charge < -0.3 is 15.5 Å². The minimum absolute atomic E-state index is 0.0115. The lowest BCUT2D eigenvalue weighted by atomic mass is 9.96. The Labute approximate surface area is 180 Å². The maximum Gasteiger partial charge on any atom is 0.269 e. The van der Waals surface area contributed by atoms with Crippen LogP contribution in [0.15, 0.2) is 42.5 Å². The Morgan fingerprint density at radius 2 is 1.77 bits per heavy atom. The molecule has 160 valence electrons. The molecule has 0 aliphatic carbocycles. The number of amides is 1. The molecule has 0 spiro atoms. The van der Waals surface area contributed by atoms with Gasteiger partial charge in [-0.2, -0.15) is 0 Å². The summed E-state index contributed by atoms with van der Waals surface area (Å²) in [4.78, 5) is 37.8. The number of nitrogens with one attached hydrogen (secondary N) is 2. The maximum atomic E-state index is 13.0. The van der Waals surface area contributed by atoms with Gasteiger partial charge in [-0.25, -0.2) is 0 Å². The highest BCUT2D eigenvalue weighted by atomic mass is 16.6. The molecule has 0 aromatic heterocycles. The molecule has 0 unspecified atom stereocenters. The van der Waals surface area contributed by atoms with Gasteiger partial charge in [0.15, 0.2) is 5.78 Å². The standard InChI is InChI=1S/C23H24N4O4/c1-14(28)16-5-8-20-19(13-16)21(23(29)25-20)22(24-17-9-11-26(2)12-10-17)15-3-6-18(7-4-15)27(30)31/h3-8,13,17,24H,9-12H2,1-2H3,(H,25,29). The van der Waals surface area contributed by atoms with Gasteiger partial charge >= 0.3 is 0 Å². The van der Waals surface area contributed by atoms with Crippen molar-refractivity contribution in [3.8, 4) is 0 Å². The zero-order valence-electron chi connectivity index (χ0n) is 17.5.